The first-order chi connectivity index (χ1) is 5.20. The van der Waals surface area contributed by atoms with Crippen LogP contribution in [-0.4, -0.2) is 25.4 Å². The van der Waals surface area contributed by atoms with Gasteiger partial charge in [0.25, 0.3) is 0 Å². The lowest BCUT2D eigenvalue weighted by Gasteiger charge is -2.03. The van der Waals surface area contributed by atoms with Crippen molar-refractivity contribution in [3.8, 4) is 0 Å². The lowest BCUT2D eigenvalue weighted by atomic mass is 10.3. The van der Waals surface area contributed by atoms with E-state index in [1.165, 1.54) is 0 Å². The second-order valence-corrected chi connectivity index (χ2v) is 1.97. The van der Waals surface area contributed by atoms with Crippen LogP contribution in [0.25, 0.3) is 0 Å². The molecule has 0 aliphatic heterocycles. The molecule has 0 aliphatic carbocycles. The monoisotopic (exact) mass is 194 g/mol. The summed E-state index contributed by atoms with van der Waals surface area (Å²) in [5.74, 6) is -0.0489. The van der Waals surface area contributed by atoms with Gasteiger partial charge in [-0.2, -0.15) is 5.10 Å². The third kappa shape index (κ3) is 7.30. The molecule has 0 aromatic heterocycles. The smallest absolute Gasteiger partial charge is 0.211 e. The summed E-state index contributed by atoms with van der Waals surface area (Å²) >= 11 is 0. The minimum Gasteiger partial charge on any atom is -0.376 e. The fourth-order valence-electron chi connectivity index (χ4n) is 0.507. The fourth-order valence-corrected chi connectivity index (χ4v) is 0.507. The van der Waals surface area contributed by atoms with E-state index < -0.39 is 0 Å². The molecule has 0 fully saturated rings. The van der Waals surface area contributed by atoms with Gasteiger partial charge in [0, 0.05) is 7.11 Å². The van der Waals surface area contributed by atoms with E-state index in [4.69, 9.17) is 16.2 Å². The van der Waals surface area contributed by atoms with E-state index in [9.17, 15) is 0 Å². The maximum atomic E-state index is 5.03. The van der Waals surface area contributed by atoms with Crippen LogP contribution in [0.2, 0.25) is 0 Å². The zero-order valence-corrected chi connectivity index (χ0v) is 8.04. The molecule has 0 bridgehead atoms. The number of nitrogens with zero attached hydrogens (tertiary/aromatic N) is 2. The Hall–Kier alpha value is -0.810. The Morgan fingerprint density at radius 2 is 2.17 bits per heavy atom. The van der Waals surface area contributed by atoms with Gasteiger partial charge in [0.1, 0.15) is 0 Å². The molecule has 12 heavy (non-hydrogen) atoms. The van der Waals surface area contributed by atoms with Crippen molar-refractivity contribution in [2.75, 3.05) is 7.11 Å². The molecule has 0 rings (SSSR count). The van der Waals surface area contributed by atoms with Gasteiger partial charge in [-0.05, 0) is 6.42 Å². The van der Waals surface area contributed by atoms with Crippen molar-refractivity contribution in [3.63, 3.8) is 0 Å². The van der Waals surface area contributed by atoms with E-state index in [0.717, 1.165) is 6.42 Å². The average molecular weight is 195 g/mol. The van der Waals surface area contributed by atoms with Crippen LogP contribution in [0.1, 0.15) is 13.3 Å². The summed E-state index contributed by atoms with van der Waals surface area (Å²) in [6, 6.07) is 0. The summed E-state index contributed by atoms with van der Waals surface area (Å²) in [4.78, 5) is 0. The maximum Gasteiger partial charge on any atom is 0.211 e. The van der Waals surface area contributed by atoms with Gasteiger partial charge in [0.05, 0.1) is 12.3 Å². The lowest BCUT2D eigenvalue weighted by molar-refractivity contribution is 0.156. The first-order valence-electron chi connectivity index (χ1n) is 3.35. The summed E-state index contributed by atoms with van der Waals surface area (Å²) < 4.78 is 4.98. The molecule has 0 spiro atoms. The number of halogens is 1. The van der Waals surface area contributed by atoms with E-state index in [1.807, 2.05) is 6.92 Å². The summed E-state index contributed by atoms with van der Waals surface area (Å²) in [5.41, 5.74) is 10.1. The van der Waals surface area contributed by atoms with Crippen molar-refractivity contribution >= 4 is 24.6 Å². The largest absolute Gasteiger partial charge is 0.376 e. The van der Waals surface area contributed by atoms with Crippen LogP contribution in [0.15, 0.2) is 10.2 Å². The Morgan fingerprint density at radius 3 is 2.50 bits per heavy atom. The summed E-state index contributed by atoms with van der Waals surface area (Å²) in [7, 11) is 1.61. The fraction of sp³-hybridized carbons (Fsp3) is 0.667. The Labute approximate surface area is 78.3 Å². The highest BCUT2D eigenvalue weighted by Gasteiger charge is 1.96. The Bertz CT molecular complexity index is 152. The van der Waals surface area contributed by atoms with E-state index in [1.54, 1.807) is 13.3 Å². The topological polar surface area (TPSA) is 86.0 Å². The number of methoxy groups -OCH3 is 1. The SMILES string of the molecule is CCC(/C=N/N=C(N)N)OC.Cl. The van der Waals surface area contributed by atoms with E-state index in [2.05, 4.69) is 10.2 Å². The van der Waals surface area contributed by atoms with Gasteiger partial charge in [0.2, 0.25) is 5.96 Å². The molecule has 4 N–H and O–H groups in total. The lowest BCUT2D eigenvalue weighted by Crippen LogP contribution is -2.22. The highest BCUT2D eigenvalue weighted by Crippen LogP contribution is 1.91. The van der Waals surface area contributed by atoms with Gasteiger partial charge < -0.3 is 16.2 Å². The Morgan fingerprint density at radius 1 is 1.58 bits per heavy atom. The Balaban J connectivity index is 0. The van der Waals surface area contributed by atoms with E-state index >= 15 is 0 Å². The molecule has 0 aliphatic rings. The van der Waals surface area contributed by atoms with Crippen molar-refractivity contribution in [2.24, 2.45) is 21.7 Å². The molecule has 0 heterocycles. The quantitative estimate of drug-likeness (QED) is 0.378. The standard InChI is InChI=1S/C6H14N4O.ClH/c1-3-5(11-2)4-9-10-6(7)8;/h4-5H,3H2,1-2H3,(H4,7,8,10);1H/b9-4+;. The van der Waals surface area contributed by atoms with E-state index in [-0.39, 0.29) is 24.5 Å². The van der Waals surface area contributed by atoms with Gasteiger partial charge in [-0.25, -0.2) is 0 Å². The van der Waals surface area contributed by atoms with Crippen LogP contribution in [0.3, 0.4) is 0 Å². The molecule has 1 atom stereocenters. The molecule has 72 valence electrons. The van der Waals surface area contributed by atoms with Gasteiger partial charge in [-0.3, -0.25) is 0 Å². The molecule has 1 unspecified atom stereocenters. The molecule has 0 aromatic carbocycles. The van der Waals surface area contributed by atoms with Gasteiger partial charge in [-0.15, -0.1) is 17.5 Å². The normalized spacial score (nSPS) is 12.2. The van der Waals surface area contributed by atoms with Crippen LogP contribution in [0.5, 0.6) is 0 Å². The van der Waals surface area contributed by atoms with Crippen LogP contribution >= 0.6 is 12.4 Å². The summed E-state index contributed by atoms with van der Waals surface area (Å²) in [6.45, 7) is 1.98. The number of nitrogens with two attached hydrogens (primary N) is 2. The minimum absolute atomic E-state index is 0. The number of guanidine groups is 1. The molecular formula is C6H15ClN4O. The number of hydrogen-bond donors (Lipinski definition) is 2. The predicted octanol–water partition coefficient (Wildman–Crippen LogP) is 0.0924. The molecule has 5 nitrogen and oxygen atoms in total. The number of hydrogen-bond acceptors (Lipinski definition) is 3. The van der Waals surface area contributed by atoms with Crippen molar-refractivity contribution in [1.29, 1.82) is 0 Å². The van der Waals surface area contributed by atoms with Crippen LogP contribution in [0, 0.1) is 0 Å². The molecule has 0 radical (unpaired) electrons. The zero-order valence-electron chi connectivity index (χ0n) is 7.23. The second-order valence-electron chi connectivity index (χ2n) is 1.97. The highest BCUT2D eigenvalue weighted by atomic mass is 35.5. The van der Waals surface area contributed by atoms with Crippen molar-refractivity contribution in [2.45, 2.75) is 19.4 Å². The molecular weight excluding hydrogens is 180 g/mol. The molecule has 0 saturated carbocycles. The maximum absolute atomic E-state index is 5.03. The number of ether oxygens (including phenoxy) is 1. The predicted molar refractivity (Wildman–Crippen MR) is 52.6 cm³/mol. The molecule has 0 amide bonds. The molecule has 0 saturated heterocycles. The first kappa shape index (κ1) is 13.8. The van der Waals surface area contributed by atoms with E-state index in [0.29, 0.717) is 0 Å². The molecule has 0 aromatic rings. The first-order valence-corrected chi connectivity index (χ1v) is 3.35. The number of rotatable bonds is 4. The summed E-state index contributed by atoms with van der Waals surface area (Å²) in [6.07, 6.45) is 2.39. The summed E-state index contributed by atoms with van der Waals surface area (Å²) in [5, 5.41) is 7.02. The van der Waals surface area contributed by atoms with Crippen molar-refractivity contribution in [1.82, 2.24) is 0 Å². The Kier molecular flexibility index (Phi) is 9.50. The van der Waals surface area contributed by atoms with Crippen molar-refractivity contribution in [3.05, 3.63) is 0 Å². The van der Waals surface area contributed by atoms with Gasteiger partial charge in [-0.1, -0.05) is 6.92 Å². The third-order valence-electron chi connectivity index (χ3n) is 1.11. The van der Waals surface area contributed by atoms with Crippen LogP contribution in [0.4, 0.5) is 0 Å². The van der Waals surface area contributed by atoms with Gasteiger partial charge >= 0.3 is 0 Å². The second kappa shape index (κ2) is 8.29. The third-order valence-corrected chi connectivity index (χ3v) is 1.11. The average Bonchev–Trinajstić information content (AvgIpc) is 1.98. The van der Waals surface area contributed by atoms with Gasteiger partial charge in [0.15, 0.2) is 0 Å². The molecule has 6 heteroatoms. The van der Waals surface area contributed by atoms with Crippen LogP contribution < -0.4 is 11.5 Å². The highest BCUT2D eigenvalue weighted by molar-refractivity contribution is 5.85. The zero-order chi connectivity index (χ0) is 8.69. The van der Waals surface area contributed by atoms with Crippen LogP contribution in [-0.2, 0) is 4.74 Å². The minimum atomic E-state index is -0.0489. The van der Waals surface area contributed by atoms with Crippen molar-refractivity contribution < 1.29 is 4.74 Å².